The van der Waals surface area contributed by atoms with Crippen LogP contribution in [-0.2, 0) is 0 Å². The van der Waals surface area contributed by atoms with E-state index < -0.39 is 0 Å². The van der Waals surface area contributed by atoms with Crippen LogP contribution in [0.25, 0.3) is 5.70 Å². The first-order valence-electron chi connectivity index (χ1n) is 4.30. The fraction of sp³-hybridized carbons (Fsp3) is 0.273. The summed E-state index contributed by atoms with van der Waals surface area (Å²) in [7, 11) is 0. The quantitative estimate of drug-likeness (QED) is 0.599. The molecule has 1 heteroatoms. The highest BCUT2D eigenvalue weighted by Crippen LogP contribution is 2.28. The first-order valence-corrected chi connectivity index (χ1v) is 4.30. The van der Waals surface area contributed by atoms with Crippen molar-refractivity contribution in [2.24, 2.45) is 0 Å². The fourth-order valence-corrected chi connectivity index (χ4v) is 1.41. The average Bonchev–Trinajstić information content (AvgIpc) is 2.83. The van der Waals surface area contributed by atoms with Gasteiger partial charge in [-0.15, -0.1) is 0 Å². The second-order valence-electron chi connectivity index (χ2n) is 3.31. The van der Waals surface area contributed by atoms with Gasteiger partial charge in [0, 0.05) is 18.3 Å². The largest absolute Gasteiger partial charge is 0.365 e. The summed E-state index contributed by atoms with van der Waals surface area (Å²) >= 11 is 0. The topological polar surface area (TPSA) is 3.01 Å². The van der Waals surface area contributed by atoms with Crippen LogP contribution in [0.2, 0.25) is 0 Å². The number of hydrogen-bond donors (Lipinski definition) is 0. The molecule has 1 fully saturated rings. The van der Waals surface area contributed by atoms with Crippen molar-refractivity contribution in [2.75, 3.05) is 6.54 Å². The van der Waals surface area contributed by atoms with Crippen LogP contribution < -0.4 is 0 Å². The van der Waals surface area contributed by atoms with Crippen molar-refractivity contribution in [1.29, 1.82) is 0 Å². The maximum Gasteiger partial charge on any atom is 0.0438 e. The van der Waals surface area contributed by atoms with Gasteiger partial charge in [0.15, 0.2) is 0 Å². The Morgan fingerprint density at radius 1 is 1.42 bits per heavy atom. The molecule has 1 aromatic rings. The second-order valence-corrected chi connectivity index (χ2v) is 3.31. The molecule has 0 radical (unpaired) electrons. The summed E-state index contributed by atoms with van der Waals surface area (Å²) in [5.74, 6) is 0. The van der Waals surface area contributed by atoms with Crippen LogP contribution in [0.4, 0.5) is 0 Å². The predicted molar refractivity (Wildman–Crippen MR) is 51.6 cm³/mol. The molecule has 1 aromatic carbocycles. The maximum atomic E-state index is 4.06. The molecule has 1 saturated heterocycles. The first-order chi connectivity index (χ1) is 5.79. The van der Waals surface area contributed by atoms with Crippen LogP contribution in [-0.4, -0.2) is 17.5 Å². The van der Waals surface area contributed by atoms with Gasteiger partial charge in [0.05, 0.1) is 0 Å². The third kappa shape index (κ3) is 1.22. The van der Waals surface area contributed by atoms with Crippen molar-refractivity contribution >= 4 is 5.70 Å². The summed E-state index contributed by atoms with van der Waals surface area (Å²) in [5, 5.41) is 0. The molecular formula is C11H13N. The van der Waals surface area contributed by atoms with Crippen molar-refractivity contribution in [1.82, 2.24) is 4.90 Å². The van der Waals surface area contributed by atoms with Crippen LogP contribution in [0.3, 0.4) is 0 Å². The highest BCUT2D eigenvalue weighted by molar-refractivity contribution is 5.63. The van der Waals surface area contributed by atoms with Gasteiger partial charge in [-0.2, -0.15) is 0 Å². The van der Waals surface area contributed by atoms with Gasteiger partial charge in [-0.25, -0.2) is 0 Å². The molecule has 1 unspecified atom stereocenters. The SMILES string of the molecule is C=C(c1ccccc1)N1CC1C. The molecule has 1 nitrogen and oxygen atoms in total. The van der Waals surface area contributed by atoms with E-state index in [2.05, 4.69) is 42.7 Å². The molecule has 62 valence electrons. The van der Waals surface area contributed by atoms with E-state index in [-0.39, 0.29) is 0 Å². The Labute approximate surface area is 73.3 Å². The lowest BCUT2D eigenvalue weighted by Crippen LogP contribution is -1.96. The Morgan fingerprint density at radius 2 is 2.00 bits per heavy atom. The zero-order valence-corrected chi connectivity index (χ0v) is 7.33. The number of rotatable bonds is 2. The lowest BCUT2D eigenvalue weighted by Gasteiger charge is -2.07. The van der Waals surface area contributed by atoms with Gasteiger partial charge in [-0.1, -0.05) is 36.9 Å². The molecule has 0 aliphatic carbocycles. The molecule has 2 rings (SSSR count). The van der Waals surface area contributed by atoms with Crippen molar-refractivity contribution in [3.63, 3.8) is 0 Å². The Kier molecular flexibility index (Phi) is 1.65. The van der Waals surface area contributed by atoms with Crippen LogP contribution in [0, 0.1) is 0 Å². The number of benzene rings is 1. The minimum absolute atomic E-state index is 0.692. The van der Waals surface area contributed by atoms with Gasteiger partial charge >= 0.3 is 0 Å². The van der Waals surface area contributed by atoms with E-state index in [1.165, 1.54) is 5.56 Å². The molecule has 1 heterocycles. The van der Waals surface area contributed by atoms with Crippen molar-refractivity contribution in [3.05, 3.63) is 42.5 Å². The zero-order chi connectivity index (χ0) is 8.55. The highest BCUT2D eigenvalue weighted by Gasteiger charge is 2.30. The van der Waals surface area contributed by atoms with Crippen LogP contribution >= 0.6 is 0 Å². The Morgan fingerprint density at radius 3 is 2.50 bits per heavy atom. The van der Waals surface area contributed by atoms with Crippen LogP contribution in [0.15, 0.2) is 36.9 Å². The summed E-state index contributed by atoms with van der Waals surface area (Å²) in [4.78, 5) is 2.30. The van der Waals surface area contributed by atoms with Crippen molar-refractivity contribution < 1.29 is 0 Å². The molecule has 0 spiro atoms. The van der Waals surface area contributed by atoms with Gasteiger partial charge in [-0.05, 0) is 12.5 Å². The first kappa shape index (κ1) is 7.41. The molecule has 0 saturated carbocycles. The smallest absolute Gasteiger partial charge is 0.0438 e. The van der Waals surface area contributed by atoms with Gasteiger partial charge in [0.25, 0.3) is 0 Å². The van der Waals surface area contributed by atoms with E-state index in [0.717, 1.165) is 12.2 Å². The third-order valence-corrected chi connectivity index (χ3v) is 2.31. The summed E-state index contributed by atoms with van der Waals surface area (Å²) in [6.45, 7) is 7.44. The molecule has 1 aliphatic rings. The lowest BCUT2D eigenvalue weighted by molar-refractivity contribution is 0.733. The molecule has 0 aromatic heterocycles. The molecular weight excluding hydrogens is 146 g/mol. The lowest BCUT2D eigenvalue weighted by atomic mass is 10.2. The van der Waals surface area contributed by atoms with E-state index >= 15 is 0 Å². The normalized spacial score (nSPS) is 20.8. The second kappa shape index (κ2) is 2.67. The third-order valence-electron chi connectivity index (χ3n) is 2.31. The van der Waals surface area contributed by atoms with E-state index in [9.17, 15) is 0 Å². The van der Waals surface area contributed by atoms with Gasteiger partial charge in [0.1, 0.15) is 0 Å². The summed E-state index contributed by atoms with van der Waals surface area (Å²) in [6.07, 6.45) is 0. The van der Waals surface area contributed by atoms with Crippen LogP contribution in [0.1, 0.15) is 12.5 Å². The highest BCUT2D eigenvalue weighted by atomic mass is 15.3. The molecule has 12 heavy (non-hydrogen) atoms. The van der Waals surface area contributed by atoms with E-state index in [4.69, 9.17) is 0 Å². The summed E-state index contributed by atoms with van der Waals surface area (Å²) in [5.41, 5.74) is 2.39. The number of hydrogen-bond acceptors (Lipinski definition) is 1. The monoisotopic (exact) mass is 159 g/mol. The molecule has 1 atom stereocenters. The number of nitrogens with zero attached hydrogens (tertiary/aromatic N) is 1. The molecule has 0 bridgehead atoms. The van der Waals surface area contributed by atoms with E-state index in [1.807, 2.05) is 6.07 Å². The van der Waals surface area contributed by atoms with Crippen LogP contribution in [0.5, 0.6) is 0 Å². The Hall–Kier alpha value is -1.24. The minimum Gasteiger partial charge on any atom is -0.365 e. The molecule has 0 amide bonds. The van der Waals surface area contributed by atoms with Gasteiger partial charge in [-0.3, -0.25) is 0 Å². The van der Waals surface area contributed by atoms with Gasteiger partial charge < -0.3 is 4.90 Å². The minimum atomic E-state index is 0.692. The summed E-state index contributed by atoms with van der Waals surface area (Å²) < 4.78 is 0. The standard InChI is InChI=1S/C11H13N/c1-9-8-12(9)10(2)11-6-4-3-5-7-11/h3-7,9H,2,8H2,1H3. The Bertz CT molecular complexity index is 289. The zero-order valence-electron chi connectivity index (χ0n) is 7.33. The maximum absolute atomic E-state index is 4.06. The van der Waals surface area contributed by atoms with E-state index in [1.54, 1.807) is 0 Å². The van der Waals surface area contributed by atoms with Crippen molar-refractivity contribution in [3.8, 4) is 0 Å². The van der Waals surface area contributed by atoms with E-state index in [0.29, 0.717) is 6.04 Å². The average molecular weight is 159 g/mol. The summed E-state index contributed by atoms with van der Waals surface area (Å²) in [6, 6.07) is 11.0. The predicted octanol–water partition coefficient (Wildman–Crippen LogP) is 2.36. The molecule has 1 aliphatic heterocycles. The van der Waals surface area contributed by atoms with Gasteiger partial charge in [0.2, 0.25) is 0 Å². The Balaban J connectivity index is 2.16. The van der Waals surface area contributed by atoms with Crippen molar-refractivity contribution in [2.45, 2.75) is 13.0 Å². The molecule has 0 N–H and O–H groups in total. The fourth-order valence-electron chi connectivity index (χ4n) is 1.41.